The third-order valence-corrected chi connectivity index (χ3v) is 6.62. The Labute approximate surface area is 190 Å². The lowest BCUT2D eigenvalue weighted by molar-refractivity contribution is -0.137. The van der Waals surface area contributed by atoms with E-state index in [0.717, 1.165) is 71.1 Å². The van der Waals surface area contributed by atoms with Gasteiger partial charge in [-0.25, -0.2) is 0 Å². The maximum absolute atomic E-state index is 13.0. The lowest BCUT2D eigenvalue weighted by atomic mass is 9.74. The molecule has 0 aromatic heterocycles. The number of halogens is 3. The Morgan fingerprint density at radius 2 is 1.59 bits per heavy atom. The Balaban J connectivity index is 1.42. The monoisotopic (exact) mass is 453 g/mol. The molecule has 2 fully saturated rings. The first-order valence-corrected chi connectivity index (χ1v) is 11.8. The van der Waals surface area contributed by atoms with Crippen LogP contribution in [0, 0.1) is 10.8 Å². The summed E-state index contributed by atoms with van der Waals surface area (Å²) < 4.78 is 38.9. The van der Waals surface area contributed by atoms with E-state index < -0.39 is 11.7 Å². The number of likely N-dealkylation sites (tertiary alicyclic amines) is 1. The number of alkyl halides is 3. The first-order chi connectivity index (χ1) is 14.8. The molecule has 2 saturated heterocycles. The molecule has 0 saturated carbocycles. The molecule has 0 spiro atoms. The van der Waals surface area contributed by atoms with Crippen LogP contribution in [0.4, 0.5) is 18.9 Å². The molecular formula is C25H38F3N3O. The Hall–Kier alpha value is -1.76. The van der Waals surface area contributed by atoms with Crippen LogP contribution in [-0.4, -0.2) is 61.5 Å². The van der Waals surface area contributed by atoms with E-state index in [1.165, 1.54) is 12.1 Å². The minimum absolute atomic E-state index is 0.0502. The van der Waals surface area contributed by atoms with Crippen molar-refractivity contribution in [3.8, 4) is 0 Å². The Morgan fingerprint density at radius 3 is 2.25 bits per heavy atom. The van der Waals surface area contributed by atoms with Crippen molar-refractivity contribution in [2.75, 3.05) is 50.7 Å². The molecule has 7 heteroatoms. The summed E-state index contributed by atoms with van der Waals surface area (Å²) in [6.45, 7) is 14.6. The average Bonchev–Trinajstić information content (AvgIpc) is 2.76. The van der Waals surface area contributed by atoms with Gasteiger partial charge < -0.3 is 9.80 Å². The molecule has 2 heterocycles. The molecule has 2 aliphatic heterocycles. The van der Waals surface area contributed by atoms with Gasteiger partial charge in [0.1, 0.15) is 0 Å². The van der Waals surface area contributed by atoms with Gasteiger partial charge in [-0.05, 0) is 54.8 Å². The van der Waals surface area contributed by atoms with Crippen molar-refractivity contribution in [2.24, 2.45) is 10.8 Å². The van der Waals surface area contributed by atoms with Gasteiger partial charge in [0.15, 0.2) is 0 Å². The molecule has 0 bridgehead atoms. The Morgan fingerprint density at radius 1 is 0.938 bits per heavy atom. The molecule has 32 heavy (non-hydrogen) atoms. The zero-order valence-electron chi connectivity index (χ0n) is 20.0. The fourth-order valence-electron chi connectivity index (χ4n) is 5.49. The van der Waals surface area contributed by atoms with E-state index in [9.17, 15) is 18.0 Å². The van der Waals surface area contributed by atoms with Gasteiger partial charge in [-0.2, -0.15) is 13.2 Å². The van der Waals surface area contributed by atoms with Gasteiger partial charge in [-0.3, -0.25) is 9.69 Å². The van der Waals surface area contributed by atoms with Gasteiger partial charge in [-0.1, -0.05) is 33.8 Å². The summed E-state index contributed by atoms with van der Waals surface area (Å²) in [6.07, 6.45) is -0.628. The maximum atomic E-state index is 13.0. The summed E-state index contributed by atoms with van der Waals surface area (Å²) in [5, 5.41) is 0. The number of amides is 1. The van der Waals surface area contributed by atoms with Gasteiger partial charge >= 0.3 is 6.18 Å². The van der Waals surface area contributed by atoms with E-state index in [2.05, 4.69) is 37.5 Å². The van der Waals surface area contributed by atoms with Crippen LogP contribution >= 0.6 is 0 Å². The highest BCUT2D eigenvalue weighted by Gasteiger charge is 2.37. The molecule has 0 unspecified atom stereocenters. The highest BCUT2D eigenvalue weighted by Crippen LogP contribution is 2.40. The summed E-state index contributed by atoms with van der Waals surface area (Å²) in [4.78, 5) is 19.2. The summed E-state index contributed by atoms with van der Waals surface area (Å²) in [6, 6.07) is 5.61. The second-order valence-corrected chi connectivity index (χ2v) is 11.1. The average molecular weight is 454 g/mol. The molecule has 0 N–H and O–H groups in total. The Kier molecular flexibility index (Phi) is 7.48. The number of carbonyl (C=O) groups excluding carboxylic acids is 1. The first-order valence-electron chi connectivity index (χ1n) is 11.8. The quantitative estimate of drug-likeness (QED) is 0.548. The number of piperazine rings is 1. The standard InChI is InChI=1S/C25H38F3N3O/c1-23(2)17-22(32)31(19-24(3,4)18-23)11-6-5-10-29-12-14-30(15-13-29)21-9-7-8-20(16-21)25(26,27)28/h7-9,16H,5-6,10-15,17-19H2,1-4H3. The third kappa shape index (κ3) is 6.87. The lowest BCUT2D eigenvalue weighted by Gasteiger charge is -2.36. The summed E-state index contributed by atoms with van der Waals surface area (Å²) >= 11 is 0. The second-order valence-electron chi connectivity index (χ2n) is 11.1. The van der Waals surface area contributed by atoms with E-state index in [0.29, 0.717) is 12.1 Å². The van der Waals surface area contributed by atoms with Gasteiger partial charge in [-0.15, -0.1) is 0 Å². The van der Waals surface area contributed by atoms with E-state index in [4.69, 9.17) is 0 Å². The van der Waals surface area contributed by atoms with Crippen LogP contribution in [0.25, 0.3) is 0 Å². The van der Waals surface area contributed by atoms with Gasteiger partial charge in [0.2, 0.25) is 5.91 Å². The van der Waals surface area contributed by atoms with Gasteiger partial charge in [0.25, 0.3) is 0 Å². The van der Waals surface area contributed by atoms with Crippen molar-refractivity contribution < 1.29 is 18.0 Å². The van der Waals surface area contributed by atoms with Crippen LogP contribution in [0.2, 0.25) is 0 Å². The second kappa shape index (κ2) is 9.62. The number of hydrogen-bond acceptors (Lipinski definition) is 3. The van der Waals surface area contributed by atoms with Crippen LogP contribution < -0.4 is 4.90 Å². The molecule has 0 aliphatic carbocycles. The largest absolute Gasteiger partial charge is 0.416 e. The van der Waals surface area contributed by atoms with Gasteiger partial charge in [0, 0.05) is 51.4 Å². The molecule has 2 aliphatic rings. The number of benzene rings is 1. The Bertz CT molecular complexity index is 783. The van der Waals surface area contributed by atoms with Crippen molar-refractivity contribution in [2.45, 2.75) is 59.6 Å². The molecule has 1 aromatic carbocycles. The number of carbonyl (C=O) groups is 1. The van der Waals surface area contributed by atoms with Crippen molar-refractivity contribution >= 4 is 11.6 Å². The molecular weight excluding hydrogens is 415 g/mol. The molecule has 4 nitrogen and oxygen atoms in total. The number of rotatable bonds is 6. The highest BCUT2D eigenvalue weighted by atomic mass is 19.4. The SMILES string of the molecule is CC1(C)CC(=O)N(CCCCN2CCN(c3cccc(C(F)(F)F)c3)CC2)CC(C)(C)C1. The summed E-state index contributed by atoms with van der Waals surface area (Å²) in [5.74, 6) is 0.273. The van der Waals surface area contributed by atoms with Crippen LogP contribution in [0.3, 0.4) is 0 Å². The van der Waals surface area contributed by atoms with Crippen LogP contribution in [0.1, 0.15) is 58.9 Å². The molecule has 0 atom stereocenters. The van der Waals surface area contributed by atoms with E-state index in [1.54, 1.807) is 6.07 Å². The van der Waals surface area contributed by atoms with Crippen molar-refractivity contribution in [3.63, 3.8) is 0 Å². The van der Waals surface area contributed by atoms with Crippen LogP contribution in [0.5, 0.6) is 0 Å². The van der Waals surface area contributed by atoms with Crippen molar-refractivity contribution in [1.82, 2.24) is 9.80 Å². The lowest BCUT2D eigenvalue weighted by Crippen LogP contribution is -2.46. The fourth-order valence-corrected chi connectivity index (χ4v) is 5.49. The normalized spacial score (nSPS) is 22.2. The highest BCUT2D eigenvalue weighted by molar-refractivity contribution is 5.77. The minimum Gasteiger partial charge on any atom is -0.369 e. The number of anilines is 1. The van der Waals surface area contributed by atoms with E-state index in [-0.39, 0.29) is 16.7 Å². The predicted octanol–water partition coefficient (Wildman–Crippen LogP) is 5.28. The fraction of sp³-hybridized carbons (Fsp3) is 0.720. The van der Waals surface area contributed by atoms with E-state index in [1.807, 2.05) is 4.90 Å². The predicted molar refractivity (Wildman–Crippen MR) is 123 cm³/mol. The van der Waals surface area contributed by atoms with Gasteiger partial charge in [0.05, 0.1) is 5.56 Å². The third-order valence-electron chi connectivity index (χ3n) is 6.62. The smallest absolute Gasteiger partial charge is 0.369 e. The molecule has 180 valence electrons. The van der Waals surface area contributed by atoms with Crippen molar-refractivity contribution in [3.05, 3.63) is 29.8 Å². The van der Waals surface area contributed by atoms with Crippen LogP contribution in [-0.2, 0) is 11.0 Å². The zero-order chi connectivity index (χ0) is 23.6. The topological polar surface area (TPSA) is 26.8 Å². The number of unbranched alkanes of at least 4 members (excludes halogenated alkanes) is 1. The van der Waals surface area contributed by atoms with E-state index >= 15 is 0 Å². The maximum Gasteiger partial charge on any atom is 0.416 e. The molecule has 1 aromatic rings. The summed E-state index contributed by atoms with van der Waals surface area (Å²) in [7, 11) is 0. The zero-order valence-corrected chi connectivity index (χ0v) is 20.0. The number of nitrogens with zero attached hydrogens (tertiary/aromatic N) is 3. The summed E-state index contributed by atoms with van der Waals surface area (Å²) in [5.41, 5.74) is 0.237. The first kappa shape index (κ1) is 24.9. The number of hydrogen-bond donors (Lipinski definition) is 0. The van der Waals surface area contributed by atoms with Crippen molar-refractivity contribution in [1.29, 1.82) is 0 Å². The molecule has 0 radical (unpaired) electrons. The molecule has 1 amide bonds. The minimum atomic E-state index is -4.31. The molecule has 3 rings (SSSR count). The van der Waals surface area contributed by atoms with Crippen LogP contribution in [0.15, 0.2) is 24.3 Å².